The monoisotopic (exact) mass is 294 g/mol. The van der Waals surface area contributed by atoms with E-state index in [1.165, 1.54) is 12.1 Å². The van der Waals surface area contributed by atoms with Gasteiger partial charge < -0.3 is 15.5 Å². The minimum Gasteiger partial charge on any atom is -0.357 e. The van der Waals surface area contributed by atoms with Crippen molar-refractivity contribution in [2.45, 2.75) is 27.3 Å². The van der Waals surface area contributed by atoms with E-state index in [-0.39, 0.29) is 5.82 Å². The second-order valence-corrected chi connectivity index (χ2v) is 4.78. The lowest BCUT2D eigenvalue weighted by atomic mass is 10.2. The highest BCUT2D eigenvalue weighted by atomic mass is 19.1. The van der Waals surface area contributed by atoms with E-state index in [0.717, 1.165) is 44.2 Å². The van der Waals surface area contributed by atoms with Crippen molar-refractivity contribution in [3.63, 3.8) is 0 Å². The first-order valence-corrected chi connectivity index (χ1v) is 7.68. The number of nitrogens with one attached hydrogen (secondary N) is 2. The van der Waals surface area contributed by atoms with E-state index in [0.29, 0.717) is 6.54 Å². The van der Waals surface area contributed by atoms with Crippen LogP contribution in [0.1, 0.15) is 26.3 Å². The van der Waals surface area contributed by atoms with E-state index in [4.69, 9.17) is 0 Å². The highest BCUT2D eigenvalue weighted by Crippen LogP contribution is 2.03. The molecule has 0 saturated heterocycles. The van der Waals surface area contributed by atoms with Gasteiger partial charge in [0.15, 0.2) is 5.96 Å². The zero-order valence-corrected chi connectivity index (χ0v) is 13.3. The highest BCUT2D eigenvalue weighted by molar-refractivity contribution is 5.79. The van der Waals surface area contributed by atoms with Crippen LogP contribution in [0.4, 0.5) is 4.39 Å². The molecule has 4 nitrogen and oxygen atoms in total. The number of aliphatic imine (C=N–C) groups is 1. The maximum absolute atomic E-state index is 12.9. The zero-order valence-electron chi connectivity index (χ0n) is 13.3. The Balaban J connectivity index is 2.47. The molecule has 0 aliphatic rings. The van der Waals surface area contributed by atoms with Gasteiger partial charge in [-0.05, 0) is 37.7 Å². The molecule has 21 heavy (non-hydrogen) atoms. The number of nitrogens with zero attached hydrogens (tertiary/aromatic N) is 2. The molecule has 1 rings (SSSR count). The summed E-state index contributed by atoms with van der Waals surface area (Å²) in [5.74, 6) is 0.584. The molecule has 0 saturated carbocycles. The van der Waals surface area contributed by atoms with Gasteiger partial charge in [-0.15, -0.1) is 0 Å². The Morgan fingerprint density at radius 3 is 2.33 bits per heavy atom. The van der Waals surface area contributed by atoms with Gasteiger partial charge in [0.2, 0.25) is 0 Å². The fraction of sp³-hybridized carbons (Fsp3) is 0.562. The van der Waals surface area contributed by atoms with Crippen LogP contribution in [0.3, 0.4) is 0 Å². The molecular weight excluding hydrogens is 267 g/mol. The Kier molecular flexibility index (Phi) is 8.43. The summed E-state index contributed by atoms with van der Waals surface area (Å²) < 4.78 is 12.9. The van der Waals surface area contributed by atoms with Crippen LogP contribution in [0.2, 0.25) is 0 Å². The second-order valence-electron chi connectivity index (χ2n) is 4.78. The van der Waals surface area contributed by atoms with Crippen LogP contribution in [-0.4, -0.2) is 43.6 Å². The Hall–Kier alpha value is -1.62. The van der Waals surface area contributed by atoms with Crippen LogP contribution in [-0.2, 0) is 6.54 Å². The maximum Gasteiger partial charge on any atom is 0.191 e. The van der Waals surface area contributed by atoms with Crippen molar-refractivity contribution in [3.05, 3.63) is 35.6 Å². The first-order valence-electron chi connectivity index (χ1n) is 7.68. The van der Waals surface area contributed by atoms with Crippen molar-refractivity contribution >= 4 is 5.96 Å². The normalized spacial score (nSPS) is 11.8. The zero-order chi connectivity index (χ0) is 15.5. The number of hydrogen-bond acceptors (Lipinski definition) is 2. The summed E-state index contributed by atoms with van der Waals surface area (Å²) in [5.41, 5.74) is 0.998. The number of rotatable bonds is 8. The quantitative estimate of drug-likeness (QED) is 0.570. The first kappa shape index (κ1) is 17.4. The predicted octanol–water partition coefficient (Wildman–Crippen LogP) is 2.22. The lowest BCUT2D eigenvalue weighted by molar-refractivity contribution is 0.308. The smallest absolute Gasteiger partial charge is 0.191 e. The Morgan fingerprint density at radius 2 is 1.76 bits per heavy atom. The summed E-state index contributed by atoms with van der Waals surface area (Å²) in [7, 11) is 0. The Bertz CT molecular complexity index is 413. The van der Waals surface area contributed by atoms with Crippen LogP contribution in [0.5, 0.6) is 0 Å². The SMILES string of the molecule is CCNC(=NCc1ccc(F)cc1)NCCN(CC)CC. The summed E-state index contributed by atoms with van der Waals surface area (Å²) >= 11 is 0. The van der Waals surface area contributed by atoms with Crippen molar-refractivity contribution in [1.29, 1.82) is 0 Å². The summed E-state index contributed by atoms with van der Waals surface area (Å²) in [5, 5.41) is 6.54. The minimum atomic E-state index is -0.216. The van der Waals surface area contributed by atoms with E-state index in [1.54, 1.807) is 12.1 Å². The van der Waals surface area contributed by atoms with Gasteiger partial charge in [0.05, 0.1) is 6.54 Å². The lowest BCUT2D eigenvalue weighted by Crippen LogP contribution is -2.41. The average molecular weight is 294 g/mol. The van der Waals surface area contributed by atoms with Gasteiger partial charge in [-0.1, -0.05) is 26.0 Å². The fourth-order valence-electron chi connectivity index (χ4n) is 1.97. The highest BCUT2D eigenvalue weighted by Gasteiger charge is 2.01. The maximum atomic E-state index is 12.9. The molecule has 0 aliphatic carbocycles. The minimum absolute atomic E-state index is 0.216. The Labute approximate surface area is 127 Å². The standard InChI is InChI=1S/C16H27FN4/c1-4-18-16(19-11-12-21(5-2)6-3)20-13-14-7-9-15(17)10-8-14/h7-10H,4-6,11-13H2,1-3H3,(H2,18,19,20). The van der Waals surface area contributed by atoms with E-state index in [1.807, 2.05) is 6.92 Å². The second kappa shape index (κ2) is 10.2. The molecule has 118 valence electrons. The molecule has 0 spiro atoms. The van der Waals surface area contributed by atoms with Crippen LogP contribution in [0, 0.1) is 5.82 Å². The van der Waals surface area contributed by atoms with E-state index < -0.39 is 0 Å². The number of halogens is 1. The van der Waals surface area contributed by atoms with Crippen LogP contribution in [0.25, 0.3) is 0 Å². The molecular formula is C16H27FN4. The van der Waals surface area contributed by atoms with Crippen molar-refractivity contribution in [3.8, 4) is 0 Å². The predicted molar refractivity (Wildman–Crippen MR) is 87.0 cm³/mol. The summed E-state index contributed by atoms with van der Waals surface area (Å²) in [6, 6.07) is 6.45. The third kappa shape index (κ3) is 7.09. The molecule has 0 aliphatic heterocycles. The van der Waals surface area contributed by atoms with E-state index >= 15 is 0 Å². The van der Waals surface area contributed by atoms with Crippen molar-refractivity contribution in [2.24, 2.45) is 4.99 Å². The molecule has 0 unspecified atom stereocenters. The first-order chi connectivity index (χ1) is 10.2. The molecule has 0 atom stereocenters. The van der Waals surface area contributed by atoms with E-state index in [9.17, 15) is 4.39 Å². The van der Waals surface area contributed by atoms with Gasteiger partial charge in [-0.25, -0.2) is 9.38 Å². The molecule has 0 heterocycles. The van der Waals surface area contributed by atoms with Gasteiger partial charge in [-0.2, -0.15) is 0 Å². The van der Waals surface area contributed by atoms with Crippen LogP contribution < -0.4 is 10.6 Å². The molecule has 2 N–H and O–H groups in total. The van der Waals surface area contributed by atoms with Gasteiger partial charge in [0.1, 0.15) is 5.82 Å². The molecule has 5 heteroatoms. The number of benzene rings is 1. The molecule has 0 aromatic heterocycles. The van der Waals surface area contributed by atoms with Crippen molar-refractivity contribution < 1.29 is 4.39 Å². The van der Waals surface area contributed by atoms with Gasteiger partial charge in [0.25, 0.3) is 0 Å². The van der Waals surface area contributed by atoms with Crippen molar-refractivity contribution in [2.75, 3.05) is 32.7 Å². The molecule has 1 aromatic rings. The lowest BCUT2D eigenvalue weighted by Gasteiger charge is -2.19. The largest absolute Gasteiger partial charge is 0.357 e. The number of hydrogen-bond donors (Lipinski definition) is 2. The fourth-order valence-corrected chi connectivity index (χ4v) is 1.97. The van der Waals surface area contributed by atoms with Gasteiger partial charge >= 0.3 is 0 Å². The average Bonchev–Trinajstić information content (AvgIpc) is 2.50. The van der Waals surface area contributed by atoms with Crippen LogP contribution in [0.15, 0.2) is 29.3 Å². The molecule has 0 fully saturated rings. The third-order valence-electron chi connectivity index (χ3n) is 3.29. The van der Waals surface area contributed by atoms with Gasteiger partial charge in [-0.3, -0.25) is 0 Å². The third-order valence-corrected chi connectivity index (χ3v) is 3.29. The van der Waals surface area contributed by atoms with Crippen LogP contribution >= 0.6 is 0 Å². The molecule has 1 aromatic carbocycles. The summed E-state index contributed by atoms with van der Waals surface area (Å²) in [6.45, 7) is 11.7. The Morgan fingerprint density at radius 1 is 1.10 bits per heavy atom. The van der Waals surface area contributed by atoms with Gasteiger partial charge in [0, 0.05) is 19.6 Å². The number of likely N-dealkylation sites (N-methyl/N-ethyl adjacent to an activating group) is 1. The summed E-state index contributed by atoms with van der Waals surface area (Å²) in [6.07, 6.45) is 0. The topological polar surface area (TPSA) is 39.7 Å². The molecule has 0 bridgehead atoms. The molecule has 0 amide bonds. The molecule has 0 radical (unpaired) electrons. The summed E-state index contributed by atoms with van der Waals surface area (Å²) in [4.78, 5) is 6.87. The van der Waals surface area contributed by atoms with E-state index in [2.05, 4.69) is 34.4 Å². The van der Waals surface area contributed by atoms with Crippen molar-refractivity contribution in [1.82, 2.24) is 15.5 Å². The number of guanidine groups is 1.